The average Bonchev–Trinajstić information content (AvgIpc) is 2.60. The lowest BCUT2D eigenvalue weighted by Gasteiger charge is -2.08. The summed E-state index contributed by atoms with van der Waals surface area (Å²) in [6, 6.07) is 16.7. The van der Waals surface area contributed by atoms with Crippen LogP contribution in [0, 0.1) is 6.92 Å². The second-order valence-corrected chi connectivity index (χ2v) is 7.36. The Hall–Kier alpha value is -3.30. The molecule has 0 aliphatic rings. The first-order chi connectivity index (χ1) is 13.1. The fourth-order valence-electron chi connectivity index (χ4n) is 2.31. The summed E-state index contributed by atoms with van der Waals surface area (Å²) in [7, 11) is -3.67. The SMILES string of the molecule is CS(=O)(=O)O.Cc1ccc2nccc(C(=O)NC(N)=Nc3ccccc3)c2c1. The molecule has 3 rings (SSSR count). The summed E-state index contributed by atoms with van der Waals surface area (Å²) in [6.45, 7) is 1.97. The first-order valence-corrected chi connectivity index (χ1v) is 9.97. The molecule has 0 fully saturated rings. The maximum absolute atomic E-state index is 12.5. The number of hydrogen-bond acceptors (Lipinski definition) is 5. The van der Waals surface area contributed by atoms with Crippen molar-refractivity contribution >= 4 is 38.6 Å². The minimum absolute atomic E-state index is 0.0545. The molecule has 4 N–H and O–H groups in total. The van der Waals surface area contributed by atoms with E-state index in [2.05, 4.69) is 15.3 Å². The molecule has 8 nitrogen and oxygen atoms in total. The van der Waals surface area contributed by atoms with Crippen molar-refractivity contribution in [2.24, 2.45) is 10.7 Å². The number of guanidine groups is 1. The fourth-order valence-corrected chi connectivity index (χ4v) is 2.31. The largest absolute Gasteiger partial charge is 0.369 e. The van der Waals surface area contributed by atoms with Crippen molar-refractivity contribution in [2.45, 2.75) is 6.92 Å². The molecule has 0 atom stereocenters. The lowest BCUT2D eigenvalue weighted by atomic mass is 10.1. The summed E-state index contributed by atoms with van der Waals surface area (Å²) in [5.74, 6) is -0.251. The highest BCUT2D eigenvalue weighted by Crippen LogP contribution is 2.18. The van der Waals surface area contributed by atoms with E-state index in [-0.39, 0.29) is 11.9 Å². The van der Waals surface area contributed by atoms with Gasteiger partial charge in [0.15, 0.2) is 0 Å². The van der Waals surface area contributed by atoms with Crippen LogP contribution in [0.4, 0.5) is 5.69 Å². The number of amides is 1. The van der Waals surface area contributed by atoms with Crippen molar-refractivity contribution in [1.29, 1.82) is 0 Å². The van der Waals surface area contributed by atoms with E-state index in [0.717, 1.165) is 16.5 Å². The number of carbonyl (C=O) groups is 1. The normalized spacial score (nSPS) is 11.5. The van der Waals surface area contributed by atoms with Gasteiger partial charge in [-0.3, -0.25) is 19.6 Å². The van der Waals surface area contributed by atoms with Crippen molar-refractivity contribution in [3.63, 3.8) is 0 Å². The molecule has 146 valence electrons. The molecule has 0 saturated carbocycles. The number of aromatic nitrogens is 1. The fraction of sp³-hybridized carbons (Fsp3) is 0.105. The molecule has 1 aromatic heterocycles. The number of nitrogens with one attached hydrogen (secondary N) is 1. The number of aryl methyl sites for hydroxylation is 1. The molecular weight excluding hydrogens is 380 g/mol. The van der Waals surface area contributed by atoms with Gasteiger partial charge in [0, 0.05) is 11.6 Å². The Kier molecular flexibility index (Phi) is 6.80. The van der Waals surface area contributed by atoms with Gasteiger partial charge in [0.2, 0.25) is 5.96 Å². The van der Waals surface area contributed by atoms with Gasteiger partial charge < -0.3 is 5.73 Å². The molecule has 2 aromatic carbocycles. The Morgan fingerprint density at radius 1 is 1.14 bits per heavy atom. The van der Waals surface area contributed by atoms with E-state index in [1.54, 1.807) is 12.3 Å². The number of fused-ring (bicyclic) bond motifs is 1. The molecule has 0 unspecified atom stereocenters. The van der Waals surface area contributed by atoms with Crippen LogP contribution in [0.25, 0.3) is 10.9 Å². The number of rotatable bonds is 2. The summed E-state index contributed by atoms with van der Waals surface area (Å²) in [5.41, 5.74) is 8.85. The molecule has 0 saturated heterocycles. The van der Waals surface area contributed by atoms with Gasteiger partial charge in [0.25, 0.3) is 16.0 Å². The van der Waals surface area contributed by atoms with Gasteiger partial charge in [-0.15, -0.1) is 0 Å². The predicted molar refractivity (Wildman–Crippen MR) is 109 cm³/mol. The highest BCUT2D eigenvalue weighted by molar-refractivity contribution is 7.85. The molecule has 0 spiro atoms. The number of nitrogens with zero attached hydrogens (tertiary/aromatic N) is 2. The van der Waals surface area contributed by atoms with E-state index >= 15 is 0 Å². The van der Waals surface area contributed by atoms with Crippen LogP contribution in [0.3, 0.4) is 0 Å². The molecule has 1 amide bonds. The van der Waals surface area contributed by atoms with Crippen molar-refractivity contribution < 1.29 is 17.8 Å². The Labute approximate surface area is 162 Å². The second kappa shape index (κ2) is 9.07. The Morgan fingerprint density at radius 3 is 2.43 bits per heavy atom. The third kappa shape index (κ3) is 6.78. The van der Waals surface area contributed by atoms with Crippen molar-refractivity contribution in [1.82, 2.24) is 10.3 Å². The van der Waals surface area contributed by atoms with Crippen LogP contribution in [0.5, 0.6) is 0 Å². The number of pyridine rings is 1. The van der Waals surface area contributed by atoms with Crippen molar-refractivity contribution in [2.75, 3.05) is 6.26 Å². The standard InChI is InChI=1S/C18H16N4O.CH4O3S/c1-12-7-8-16-15(11-12)14(9-10-20-16)17(23)22-18(19)21-13-5-3-2-4-6-13;1-5(2,3)4/h2-11H,1H3,(H3,19,21,22,23);1H3,(H,2,3,4). The number of aliphatic imine (C=N–C) groups is 1. The third-order valence-corrected chi connectivity index (χ3v) is 3.39. The van der Waals surface area contributed by atoms with Gasteiger partial charge in [-0.2, -0.15) is 8.42 Å². The van der Waals surface area contributed by atoms with E-state index in [0.29, 0.717) is 17.5 Å². The third-order valence-electron chi connectivity index (χ3n) is 3.39. The van der Waals surface area contributed by atoms with E-state index in [1.807, 2.05) is 55.5 Å². The van der Waals surface area contributed by atoms with Crippen LogP contribution < -0.4 is 11.1 Å². The van der Waals surface area contributed by atoms with E-state index < -0.39 is 10.1 Å². The predicted octanol–water partition coefficient (Wildman–Crippen LogP) is 2.42. The first kappa shape index (κ1) is 21.0. The lowest BCUT2D eigenvalue weighted by molar-refractivity contribution is 0.0978. The van der Waals surface area contributed by atoms with E-state index in [9.17, 15) is 13.2 Å². The van der Waals surface area contributed by atoms with Crippen LogP contribution in [-0.2, 0) is 10.1 Å². The van der Waals surface area contributed by atoms with E-state index in [1.165, 1.54) is 0 Å². The number of nitrogens with two attached hydrogens (primary N) is 1. The smallest absolute Gasteiger partial charge is 0.261 e. The highest BCUT2D eigenvalue weighted by atomic mass is 32.2. The molecule has 9 heteroatoms. The highest BCUT2D eigenvalue weighted by Gasteiger charge is 2.11. The minimum atomic E-state index is -3.67. The lowest BCUT2D eigenvalue weighted by Crippen LogP contribution is -2.36. The monoisotopic (exact) mass is 400 g/mol. The van der Waals surface area contributed by atoms with Gasteiger partial charge in [-0.1, -0.05) is 29.8 Å². The van der Waals surface area contributed by atoms with Gasteiger partial charge in [0.1, 0.15) is 0 Å². The zero-order valence-corrected chi connectivity index (χ0v) is 16.1. The van der Waals surface area contributed by atoms with Gasteiger partial charge in [-0.25, -0.2) is 4.99 Å². The molecular formula is C19H20N4O4S. The summed E-state index contributed by atoms with van der Waals surface area (Å²) < 4.78 is 25.9. The number of benzene rings is 2. The van der Waals surface area contributed by atoms with Crippen LogP contribution in [0.15, 0.2) is 65.8 Å². The maximum Gasteiger partial charge on any atom is 0.261 e. The topological polar surface area (TPSA) is 135 Å². The molecule has 0 aliphatic carbocycles. The Balaban J connectivity index is 0.000000500. The molecule has 0 radical (unpaired) electrons. The second-order valence-electron chi connectivity index (χ2n) is 5.90. The Bertz CT molecular complexity index is 1110. The van der Waals surface area contributed by atoms with Crippen LogP contribution in [0.1, 0.15) is 15.9 Å². The quantitative estimate of drug-likeness (QED) is 0.343. The zero-order chi connectivity index (χ0) is 20.7. The summed E-state index contributed by atoms with van der Waals surface area (Å²) in [4.78, 5) is 20.9. The molecule has 28 heavy (non-hydrogen) atoms. The van der Waals surface area contributed by atoms with Gasteiger partial charge in [0.05, 0.1) is 23.0 Å². The van der Waals surface area contributed by atoms with Gasteiger partial charge in [-0.05, 0) is 37.3 Å². The first-order valence-electron chi connectivity index (χ1n) is 8.12. The average molecular weight is 400 g/mol. The summed E-state index contributed by atoms with van der Waals surface area (Å²) >= 11 is 0. The minimum Gasteiger partial charge on any atom is -0.369 e. The van der Waals surface area contributed by atoms with Crippen LogP contribution in [-0.4, -0.2) is 36.1 Å². The van der Waals surface area contributed by atoms with Crippen LogP contribution in [0.2, 0.25) is 0 Å². The number of carbonyl (C=O) groups excluding carboxylic acids is 1. The number of hydrogen-bond donors (Lipinski definition) is 3. The van der Waals surface area contributed by atoms with Crippen molar-refractivity contribution in [3.8, 4) is 0 Å². The zero-order valence-electron chi connectivity index (χ0n) is 15.3. The van der Waals surface area contributed by atoms with Gasteiger partial charge >= 0.3 is 0 Å². The maximum atomic E-state index is 12.5. The summed E-state index contributed by atoms with van der Waals surface area (Å²) in [5, 5.41) is 3.41. The Morgan fingerprint density at radius 2 is 1.79 bits per heavy atom. The summed E-state index contributed by atoms with van der Waals surface area (Å²) in [6.07, 6.45) is 2.32. The van der Waals surface area contributed by atoms with Crippen LogP contribution >= 0.6 is 0 Å². The molecule has 0 aliphatic heterocycles. The molecule has 3 aromatic rings. The number of para-hydroxylation sites is 1. The van der Waals surface area contributed by atoms with E-state index in [4.69, 9.17) is 10.3 Å². The molecule has 0 bridgehead atoms. The molecule has 1 heterocycles. The van der Waals surface area contributed by atoms with Crippen molar-refractivity contribution in [3.05, 3.63) is 71.9 Å².